The third kappa shape index (κ3) is 4.12. The van der Waals surface area contributed by atoms with E-state index in [1.807, 2.05) is 21.2 Å². The molecule has 0 saturated carbocycles. The number of carbonyl (C=O) groups is 2. The minimum atomic E-state index is -1.12. The molecule has 0 aliphatic carbocycles. The Morgan fingerprint density at radius 3 is 2.33 bits per heavy atom. The standard InChI is InChI=1S/C5H9IN2O3S/c6-12-2(1-3(7)9)4(8)5(10)11/h2,4H,1,8H2,(H2,7,9)(H,10,11). The molecule has 0 aliphatic rings. The molecule has 0 aromatic carbocycles. The Balaban J connectivity index is 4.14. The van der Waals surface area contributed by atoms with Gasteiger partial charge in [-0.25, -0.2) is 0 Å². The van der Waals surface area contributed by atoms with Gasteiger partial charge in [0.15, 0.2) is 0 Å². The van der Waals surface area contributed by atoms with Crippen molar-refractivity contribution < 1.29 is 14.7 Å². The average molecular weight is 304 g/mol. The van der Waals surface area contributed by atoms with E-state index < -0.39 is 23.2 Å². The molecule has 1 amide bonds. The van der Waals surface area contributed by atoms with Gasteiger partial charge in [-0.2, -0.15) is 0 Å². The summed E-state index contributed by atoms with van der Waals surface area (Å²) in [6.07, 6.45) is -0.0128. The summed E-state index contributed by atoms with van der Waals surface area (Å²) in [7, 11) is 1.20. The highest BCUT2D eigenvalue weighted by atomic mass is 127. The van der Waals surface area contributed by atoms with Gasteiger partial charge in [0.25, 0.3) is 0 Å². The number of hydrogen-bond acceptors (Lipinski definition) is 4. The molecule has 0 radical (unpaired) electrons. The van der Waals surface area contributed by atoms with E-state index in [-0.39, 0.29) is 6.42 Å². The van der Waals surface area contributed by atoms with Crippen molar-refractivity contribution in [3.05, 3.63) is 0 Å². The zero-order chi connectivity index (χ0) is 9.72. The predicted molar refractivity (Wildman–Crippen MR) is 54.8 cm³/mol. The molecule has 0 spiro atoms. The van der Waals surface area contributed by atoms with Gasteiger partial charge in [0.1, 0.15) is 6.04 Å². The molecule has 2 atom stereocenters. The van der Waals surface area contributed by atoms with Crippen LogP contribution in [0.25, 0.3) is 0 Å². The second kappa shape index (κ2) is 5.60. The number of nitrogens with two attached hydrogens (primary N) is 2. The highest BCUT2D eigenvalue weighted by Gasteiger charge is 2.25. The minimum absolute atomic E-state index is 0.0128. The summed E-state index contributed by atoms with van der Waals surface area (Å²) in [5.41, 5.74) is 10.2. The highest BCUT2D eigenvalue weighted by molar-refractivity contribution is 14.2. The quantitative estimate of drug-likeness (QED) is 0.606. The predicted octanol–water partition coefficient (Wildman–Crippen LogP) is -0.275. The zero-order valence-corrected chi connectivity index (χ0v) is 9.04. The molecule has 0 heterocycles. The van der Waals surface area contributed by atoms with Gasteiger partial charge in [-0.3, -0.25) is 9.59 Å². The summed E-state index contributed by atoms with van der Waals surface area (Å²) in [5.74, 6) is -1.66. The van der Waals surface area contributed by atoms with Crippen LogP contribution < -0.4 is 11.5 Å². The van der Waals surface area contributed by atoms with E-state index in [4.69, 9.17) is 16.6 Å². The summed E-state index contributed by atoms with van der Waals surface area (Å²) < 4.78 is 0. The Morgan fingerprint density at radius 2 is 2.08 bits per heavy atom. The summed E-state index contributed by atoms with van der Waals surface area (Å²) in [6, 6.07) is -1.04. The summed E-state index contributed by atoms with van der Waals surface area (Å²) >= 11 is 1.90. The summed E-state index contributed by atoms with van der Waals surface area (Å²) in [5, 5.41) is 8.04. The first-order chi connectivity index (χ1) is 5.49. The van der Waals surface area contributed by atoms with Crippen molar-refractivity contribution in [2.24, 2.45) is 11.5 Å². The SMILES string of the molecule is NC(=O)CC(SI)C(N)C(=O)O. The zero-order valence-electron chi connectivity index (χ0n) is 6.07. The topological polar surface area (TPSA) is 106 Å². The van der Waals surface area contributed by atoms with Gasteiger partial charge in [0.2, 0.25) is 5.91 Å². The molecule has 5 N–H and O–H groups in total. The van der Waals surface area contributed by atoms with Crippen molar-refractivity contribution in [2.45, 2.75) is 17.7 Å². The number of amides is 1. The van der Waals surface area contributed by atoms with Gasteiger partial charge in [-0.05, 0) is 21.2 Å². The van der Waals surface area contributed by atoms with Crippen LogP contribution in [-0.2, 0) is 9.59 Å². The van der Waals surface area contributed by atoms with Gasteiger partial charge >= 0.3 is 5.97 Å². The molecule has 2 unspecified atom stereocenters. The monoisotopic (exact) mass is 304 g/mol. The van der Waals surface area contributed by atoms with Crippen LogP contribution in [0.5, 0.6) is 0 Å². The summed E-state index contributed by atoms with van der Waals surface area (Å²) in [4.78, 5) is 20.8. The average Bonchev–Trinajstić information content (AvgIpc) is 1.98. The Hall–Kier alpha value is -0.0200. The lowest BCUT2D eigenvalue weighted by Gasteiger charge is -2.14. The lowest BCUT2D eigenvalue weighted by Crippen LogP contribution is -2.41. The Labute approximate surface area is 85.8 Å². The number of carbonyl (C=O) groups excluding carboxylic acids is 1. The van der Waals surface area contributed by atoms with Crippen LogP contribution in [0.1, 0.15) is 6.42 Å². The molecule has 0 saturated heterocycles. The maximum atomic E-state index is 10.5. The van der Waals surface area contributed by atoms with Crippen LogP contribution in [0.3, 0.4) is 0 Å². The Morgan fingerprint density at radius 1 is 1.58 bits per heavy atom. The fraction of sp³-hybridized carbons (Fsp3) is 0.600. The van der Waals surface area contributed by atoms with Crippen molar-refractivity contribution in [1.29, 1.82) is 0 Å². The molecule has 0 aliphatic heterocycles. The first-order valence-corrected chi connectivity index (χ1v) is 6.45. The number of rotatable bonds is 5. The normalized spacial score (nSPS) is 15.2. The van der Waals surface area contributed by atoms with Crippen LogP contribution in [0, 0.1) is 0 Å². The maximum absolute atomic E-state index is 10.5. The number of primary amides is 1. The molecule has 7 heteroatoms. The molecule has 0 aromatic rings. The molecule has 0 rings (SSSR count). The molecule has 0 aromatic heterocycles. The van der Waals surface area contributed by atoms with E-state index in [1.54, 1.807) is 0 Å². The fourth-order valence-electron chi connectivity index (χ4n) is 0.571. The van der Waals surface area contributed by atoms with Crippen molar-refractivity contribution >= 4 is 42.0 Å². The van der Waals surface area contributed by atoms with E-state index >= 15 is 0 Å². The molecule has 12 heavy (non-hydrogen) atoms. The third-order valence-electron chi connectivity index (χ3n) is 1.20. The van der Waals surface area contributed by atoms with Gasteiger partial charge in [-0.15, -0.1) is 0 Å². The second-order valence-corrected chi connectivity index (χ2v) is 4.47. The number of hydrogen-bond donors (Lipinski definition) is 3. The van der Waals surface area contributed by atoms with Crippen molar-refractivity contribution in [2.75, 3.05) is 0 Å². The molecule has 0 fully saturated rings. The first kappa shape index (κ1) is 12.0. The molecule has 70 valence electrons. The molecular weight excluding hydrogens is 295 g/mol. The Kier molecular flexibility index (Phi) is 5.59. The lowest BCUT2D eigenvalue weighted by atomic mass is 10.1. The van der Waals surface area contributed by atoms with Crippen LogP contribution in [0.2, 0.25) is 0 Å². The van der Waals surface area contributed by atoms with Gasteiger partial charge in [0.05, 0.1) is 0 Å². The van der Waals surface area contributed by atoms with Gasteiger partial charge in [0, 0.05) is 11.7 Å². The van der Waals surface area contributed by atoms with Crippen LogP contribution in [-0.4, -0.2) is 28.3 Å². The Bertz CT molecular complexity index is 190. The van der Waals surface area contributed by atoms with E-state index in [1.165, 1.54) is 8.93 Å². The molecular formula is C5H9IN2O3S. The number of aliphatic carboxylic acids is 1. The number of carboxylic acid groups (broad SMARTS) is 1. The minimum Gasteiger partial charge on any atom is -0.480 e. The van der Waals surface area contributed by atoms with Gasteiger partial charge in [-0.1, -0.05) is 8.93 Å². The van der Waals surface area contributed by atoms with Crippen molar-refractivity contribution in [3.63, 3.8) is 0 Å². The lowest BCUT2D eigenvalue weighted by molar-refractivity contribution is -0.138. The van der Waals surface area contributed by atoms with Crippen LogP contribution in [0.15, 0.2) is 0 Å². The van der Waals surface area contributed by atoms with E-state index in [0.29, 0.717) is 0 Å². The largest absolute Gasteiger partial charge is 0.480 e. The van der Waals surface area contributed by atoms with Crippen molar-refractivity contribution in [1.82, 2.24) is 0 Å². The smallest absolute Gasteiger partial charge is 0.321 e. The first-order valence-electron chi connectivity index (χ1n) is 3.03. The van der Waals surface area contributed by atoms with Crippen molar-refractivity contribution in [3.8, 4) is 0 Å². The van der Waals surface area contributed by atoms with E-state index in [2.05, 4.69) is 0 Å². The fourth-order valence-corrected chi connectivity index (χ4v) is 2.51. The third-order valence-corrected chi connectivity index (χ3v) is 3.85. The second-order valence-electron chi connectivity index (χ2n) is 2.16. The maximum Gasteiger partial charge on any atom is 0.321 e. The van der Waals surface area contributed by atoms with Crippen LogP contribution >= 0.6 is 30.1 Å². The van der Waals surface area contributed by atoms with E-state index in [0.717, 1.165) is 0 Å². The number of carboxylic acids is 1. The van der Waals surface area contributed by atoms with E-state index in [9.17, 15) is 9.59 Å². The van der Waals surface area contributed by atoms with Gasteiger partial charge < -0.3 is 16.6 Å². The molecule has 5 nitrogen and oxygen atoms in total. The van der Waals surface area contributed by atoms with Crippen LogP contribution in [0.4, 0.5) is 0 Å². The summed E-state index contributed by atoms with van der Waals surface area (Å²) in [6.45, 7) is 0. The highest BCUT2D eigenvalue weighted by Crippen LogP contribution is 2.24. The molecule has 0 bridgehead atoms. The number of halogens is 1.